The number of amides is 1. The predicted molar refractivity (Wildman–Crippen MR) is 169 cm³/mol. The maximum absolute atomic E-state index is 13.2. The van der Waals surface area contributed by atoms with E-state index in [1.165, 1.54) is 25.3 Å². The van der Waals surface area contributed by atoms with E-state index in [0.717, 1.165) is 35.3 Å². The molecule has 44 heavy (non-hydrogen) atoms. The van der Waals surface area contributed by atoms with Crippen molar-refractivity contribution in [1.82, 2.24) is 4.90 Å². The third-order valence-corrected chi connectivity index (χ3v) is 7.46. The van der Waals surface area contributed by atoms with Crippen molar-refractivity contribution in [3.05, 3.63) is 137 Å². The van der Waals surface area contributed by atoms with Crippen LogP contribution in [0.2, 0.25) is 0 Å². The van der Waals surface area contributed by atoms with Crippen molar-refractivity contribution >= 4 is 17.8 Å². The van der Waals surface area contributed by atoms with E-state index in [1.54, 1.807) is 29.2 Å². The van der Waals surface area contributed by atoms with Gasteiger partial charge < -0.3 is 19.1 Å². The lowest BCUT2D eigenvalue weighted by atomic mass is 10.0. The smallest absolute Gasteiger partial charge is 0.337 e. The SMILES string of the molecule is COC(=O)CCC(=O)N(CCc1ccccc1OCc1ccc(CCc2ccccc2)cc1)Cc1ccc(C(=O)OC)cc1. The van der Waals surface area contributed by atoms with Crippen molar-refractivity contribution in [2.75, 3.05) is 20.8 Å². The number of benzene rings is 4. The summed E-state index contributed by atoms with van der Waals surface area (Å²) in [4.78, 5) is 38.4. The second-order valence-corrected chi connectivity index (χ2v) is 10.5. The maximum atomic E-state index is 13.2. The number of rotatable bonds is 15. The van der Waals surface area contributed by atoms with Crippen LogP contribution in [0.25, 0.3) is 0 Å². The Balaban J connectivity index is 1.37. The fraction of sp³-hybridized carbons (Fsp3) is 0.270. The van der Waals surface area contributed by atoms with E-state index in [1.807, 2.05) is 30.3 Å². The van der Waals surface area contributed by atoms with E-state index in [9.17, 15) is 14.4 Å². The van der Waals surface area contributed by atoms with Gasteiger partial charge in [-0.1, -0.05) is 84.9 Å². The Bertz CT molecular complexity index is 1500. The summed E-state index contributed by atoms with van der Waals surface area (Å²) in [6, 6.07) is 33.8. The van der Waals surface area contributed by atoms with Crippen LogP contribution in [0.4, 0.5) is 0 Å². The number of nitrogens with zero attached hydrogens (tertiary/aromatic N) is 1. The van der Waals surface area contributed by atoms with Crippen molar-refractivity contribution in [3.8, 4) is 5.75 Å². The highest BCUT2D eigenvalue weighted by Crippen LogP contribution is 2.22. The van der Waals surface area contributed by atoms with Crippen LogP contribution in [0, 0.1) is 0 Å². The maximum Gasteiger partial charge on any atom is 0.337 e. The van der Waals surface area contributed by atoms with E-state index in [4.69, 9.17) is 14.2 Å². The lowest BCUT2D eigenvalue weighted by Gasteiger charge is -2.24. The molecule has 4 aromatic carbocycles. The number of carbonyl (C=O) groups excluding carboxylic acids is 3. The van der Waals surface area contributed by atoms with Crippen molar-refractivity contribution in [2.45, 2.75) is 45.3 Å². The molecule has 0 atom stereocenters. The van der Waals surface area contributed by atoms with Gasteiger partial charge in [0.05, 0.1) is 26.2 Å². The lowest BCUT2D eigenvalue weighted by Crippen LogP contribution is -2.33. The molecule has 7 nitrogen and oxygen atoms in total. The standard InChI is InChI=1S/C37H39NO6/c1-42-36(40)23-22-35(39)38(26-30-18-20-33(21-19-30)37(41)43-2)25-24-32-10-6-7-11-34(32)44-27-31-16-14-29(15-17-31)13-12-28-8-4-3-5-9-28/h3-11,14-21H,12-13,22-27H2,1-2H3. The van der Waals surface area contributed by atoms with Gasteiger partial charge in [-0.15, -0.1) is 0 Å². The zero-order valence-electron chi connectivity index (χ0n) is 25.4. The summed E-state index contributed by atoms with van der Waals surface area (Å²) in [5.41, 5.74) is 5.98. The quantitative estimate of drug-likeness (QED) is 0.149. The summed E-state index contributed by atoms with van der Waals surface area (Å²) >= 11 is 0. The van der Waals surface area contributed by atoms with Gasteiger partial charge in [0.2, 0.25) is 5.91 Å². The predicted octanol–water partition coefficient (Wildman–Crippen LogP) is 6.36. The van der Waals surface area contributed by atoms with Crippen molar-refractivity contribution in [2.24, 2.45) is 0 Å². The van der Waals surface area contributed by atoms with E-state index >= 15 is 0 Å². The molecule has 0 aromatic heterocycles. The molecule has 228 valence electrons. The monoisotopic (exact) mass is 593 g/mol. The van der Waals surface area contributed by atoms with Gasteiger partial charge in [0.15, 0.2) is 0 Å². The third kappa shape index (κ3) is 9.83. The van der Waals surface area contributed by atoms with Gasteiger partial charge >= 0.3 is 11.9 Å². The van der Waals surface area contributed by atoms with Crippen LogP contribution in [0.15, 0.2) is 103 Å². The van der Waals surface area contributed by atoms with Crippen molar-refractivity contribution < 1.29 is 28.6 Å². The van der Waals surface area contributed by atoms with E-state index in [0.29, 0.717) is 31.7 Å². The minimum absolute atomic E-state index is 0.0118. The number of para-hydroxylation sites is 1. The van der Waals surface area contributed by atoms with E-state index < -0.39 is 11.9 Å². The highest BCUT2D eigenvalue weighted by atomic mass is 16.5. The second-order valence-electron chi connectivity index (χ2n) is 10.5. The van der Waals surface area contributed by atoms with Crippen LogP contribution in [-0.4, -0.2) is 43.5 Å². The van der Waals surface area contributed by atoms with Gasteiger partial charge in [-0.05, 0) is 65.3 Å². The molecule has 0 heterocycles. The Kier molecular flexibility index (Phi) is 12.1. The molecule has 0 spiro atoms. The number of hydrogen-bond acceptors (Lipinski definition) is 6. The van der Waals surface area contributed by atoms with Crippen LogP contribution in [0.5, 0.6) is 5.75 Å². The number of esters is 2. The van der Waals surface area contributed by atoms with Gasteiger partial charge in [0, 0.05) is 19.5 Å². The number of methoxy groups -OCH3 is 2. The largest absolute Gasteiger partial charge is 0.489 e. The molecule has 1 amide bonds. The molecule has 0 bridgehead atoms. The molecule has 0 N–H and O–H groups in total. The second kappa shape index (κ2) is 16.7. The molecule has 0 aliphatic carbocycles. The summed E-state index contributed by atoms with van der Waals surface area (Å²) in [6.45, 7) is 1.20. The minimum Gasteiger partial charge on any atom is -0.489 e. The topological polar surface area (TPSA) is 82.1 Å². The Morgan fingerprint density at radius 2 is 1.23 bits per heavy atom. The molecule has 0 radical (unpaired) electrons. The number of aryl methyl sites for hydroxylation is 2. The molecule has 7 heteroatoms. The van der Waals surface area contributed by atoms with Gasteiger partial charge in [-0.2, -0.15) is 0 Å². The average molecular weight is 594 g/mol. The highest BCUT2D eigenvalue weighted by Gasteiger charge is 2.17. The molecule has 0 saturated heterocycles. The molecule has 0 aliphatic rings. The summed E-state index contributed by atoms with van der Waals surface area (Å²) in [5, 5.41) is 0. The Hall–Kier alpha value is -4.91. The average Bonchev–Trinajstić information content (AvgIpc) is 3.08. The van der Waals surface area contributed by atoms with Crippen LogP contribution in [-0.2, 0) is 51.5 Å². The first-order valence-corrected chi connectivity index (χ1v) is 14.8. The fourth-order valence-electron chi connectivity index (χ4n) is 4.85. The van der Waals surface area contributed by atoms with Gasteiger partial charge in [-0.25, -0.2) is 4.79 Å². The van der Waals surface area contributed by atoms with E-state index in [2.05, 4.69) is 48.5 Å². The van der Waals surface area contributed by atoms with Crippen molar-refractivity contribution in [3.63, 3.8) is 0 Å². The minimum atomic E-state index is -0.427. The molecule has 0 unspecified atom stereocenters. The number of hydrogen-bond donors (Lipinski definition) is 0. The number of carbonyl (C=O) groups is 3. The molecule has 0 aliphatic heterocycles. The fourth-order valence-corrected chi connectivity index (χ4v) is 4.85. The first kappa shape index (κ1) is 32.0. The van der Waals surface area contributed by atoms with Gasteiger partial charge in [-0.3, -0.25) is 9.59 Å². The van der Waals surface area contributed by atoms with Crippen LogP contribution >= 0.6 is 0 Å². The summed E-state index contributed by atoms with van der Waals surface area (Å²) in [7, 11) is 2.65. The molecule has 4 aromatic rings. The third-order valence-electron chi connectivity index (χ3n) is 7.46. The molecule has 0 fully saturated rings. The molecular formula is C37H39NO6. The number of ether oxygens (including phenoxy) is 3. The summed E-state index contributed by atoms with van der Waals surface area (Å²) < 4.78 is 15.7. The molecule has 4 rings (SSSR count). The first-order chi connectivity index (χ1) is 21.4. The first-order valence-electron chi connectivity index (χ1n) is 14.8. The molecule has 0 saturated carbocycles. The Labute approximate surface area is 259 Å². The van der Waals surface area contributed by atoms with Crippen LogP contribution < -0.4 is 4.74 Å². The summed E-state index contributed by atoms with van der Waals surface area (Å²) in [5.74, 6) is -0.231. The lowest BCUT2D eigenvalue weighted by molar-refractivity contribution is -0.143. The zero-order chi connectivity index (χ0) is 31.1. The van der Waals surface area contributed by atoms with Gasteiger partial charge in [0.25, 0.3) is 0 Å². The van der Waals surface area contributed by atoms with Crippen molar-refractivity contribution in [1.29, 1.82) is 0 Å². The van der Waals surface area contributed by atoms with Crippen LogP contribution in [0.3, 0.4) is 0 Å². The van der Waals surface area contributed by atoms with E-state index in [-0.39, 0.29) is 18.7 Å². The molecular weight excluding hydrogens is 554 g/mol. The van der Waals surface area contributed by atoms with Crippen LogP contribution in [0.1, 0.15) is 51.0 Å². The Morgan fingerprint density at radius 3 is 1.91 bits per heavy atom. The highest BCUT2D eigenvalue weighted by molar-refractivity contribution is 5.89. The Morgan fingerprint density at radius 1 is 0.614 bits per heavy atom. The summed E-state index contributed by atoms with van der Waals surface area (Å²) in [6.07, 6.45) is 2.62. The zero-order valence-corrected chi connectivity index (χ0v) is 25.4. The van der Waals surface area contributed by atoms with Gasteiger partial charge in [0.1, 0.15) is 12.4 Å². The normalized spacial score (nSPS) is 10.6.